The summed E-state index contributed by atoms with van der Waals surface area (Å²) in [6.07, 6.45) is 1.59. The average Bonchev–Trinajstić information content (AvgIpc) is 2.60. The molecule has 138 valence electrons. The first kappa shape index (κ1) is 21.1. The van der Waals surface area contributed by atoms with E-state index >= 15 is 0 Å². The van der Waals surface area contributed by atoms with Gasteiger partial charge in [-0.3, -0.25) is 4.79 Å². The number of nitrogens with one attached hydrogen (secondary N) is 1. The smallest absolute Gasteiger partial charge is 0.277 e. The van der Waals surface area contributed by atoms with Crippen LogP contribution in [0.1, 0.15) is 36.5 Å². The molecule has 0 saturated heterocycles. The average molecular weight is 547 g/mol. The summed E-state index contributed by atoms with van der Waals surface area (Å²) in [6.45, 7) is 6.03. The first-order chi connectivity index (χ1) is 12.3. The Morgan fingerprint density at radius 2 is 1.88 bits per heavy atom. The summed E-state index contributed by atoms with van der Waals surface area (Å²) in [5.74, 6) is 0.630. The first-order valence-electron chi connectivity index (χ1n) is 7.98. The maximum Gasteiger partial charge on any atom is 0.277 e. The maximum atomic E-state index is 12.0. The van der Waals surface area contributed by atoms with Gasteiger partial charge in [0.25, 0.3) is 5.91 Å². The maximum absolute atomic E-state index is 12.0. The molecule has 4 nitrogen and oxygen atoms in total. The third-order valence-electron chi connectivity index (χ3n) is 3.67. The molecule has 26 heavy (non-hydrogen) atoms. The number of carbonyl (C=O) groups is 1. The second-order valence-electron chi connectivity index (χ2n) is 6.00. The molecule has 1 amide bonds. The molecule has 2 aromatic rings. The van der Waals surface area contributed by atoms with Crippen molar-refractivity contribution in [1.29, 1.82) is 0 Å². The molecular formula is C19H19Br3N2O2. The SMILES string of the molecule is Cc1c(Br)cc(C(C)C)c(OCC(=O)N/N=C\c2ccc(Br)cc2)c1Br. The van der Waals surface area contributed by atoms with Crippen molar-refractivity contribution < 1.29 is 9.53 Å². The molecule has 0 spiro atoms. The van der Waals surface area contributed by atoms with E-state index in [2.05, 4.69) is 72.2 Å². The number of carbonyl (C=O) groups excluding carboxylic acids is 1. The Labute approximate surface area is 178 Å². The summed E-state index contributed by atoms with van der Waals surface area (Å²) >= 11 is 10.5. The zero-order chi connectivity index (χ0) is 19.3. The van der Waals surface area contributed by atoms with Gasteiger partial charge in [0.1, 0.15) is 5.75 Å². The van der Waals surface area contributed by atoms with Gasteiger partial charge in [0.15, 0.2) is 6.61 Å². The third kappa shape index (κ3) is 5.66. The fourth-order valence-corrected chi connectivity index (χ4v) is 3.72. The minimum absolute atomic E-state index is 0.114. The molecule has 0 aromatic heterocycles. The highest BCUT2D eigenvalue weighted by Gasteiger charge is 2.17. The summed E-state index contributed by atoms with van der Waals surface area (Å²) in [5.41, 5.74) is 5.43. The fraction of sp³-hybridized carbons (Fsp3) is 0.263. The summed E-state index contributed by atoms with van der Waals surface area (Å²) in [7, 11) is 0. The zero-order valence-corrected chi connectivity index (χ0v) is 19.4. The van der Waals surface area contributed by atoms with Gasteiger partial charge in [-0.2, -0.15) is 5.10 Å². The normalized spacial score (nSPS) is 11.2. The van der Waals surface area contributed by atoms with Crippen molar-refractivity contribution in [3.8, 4) is 5.75 Å². The third-order valence-corrected chi connectivity index (χ3v) is 5.98. The zero-order valence-electron chi connectivity index (χ0n) is 14.6. The molecule has 2 rings (SSSR count). The van der Waals surface area contributed by atoms with E-state index in [1.807, 2.05) is 37.3 Å². The van der Waals surface area contributed by atoms with E-state index in [1.54, 1.807) is 6.21 Å². The number of ether oxygens (including phenoxy) is 1. The van der Waals surface area contributed by atoms with Crippen molar-refractivity contribution in [2.24, 2.45) is 5.10 Å². The highest BCUT2D eigenvalue weighted by Crippen LogP contribution is 2.40. The van der Waals surface area contributed by atoms with Crippen LogP contribution in [0.2, 0.25) is 0 Å². The van der Waals surface area contributed by atoms with Crippen molar-refractivity contribution in [1.82, 2.24) is 5.43 Å². The molecule has 2 aromatic carbocycles. The summed E-state index contributed by atoms with van der Waals surface area (Å²) in [5, 5.41) is 3.96. The summed E-state index contributed by atoms with van der Waals surface area (Å²) < 4.78 is 8.63. The van der Waals surface area contributed by atoms with Gasteiger partial charge >= 0.3 is 0 Å². The Hall–Kier alpha value is -1.18. The molecule has 0 bridgehead atoms. The van der Waals surface area contributed by atoms with Crippen LogP contribution in [-0.4, -0.2) is 18.7 Å². The minimum Gasteiger partial charge on any atom is -0.482 e. The lowest BCUT2D eigenvalue weighted by Crippen LogP contribution is -2.25. The van der Waals surface area contributed by atoms with Gasteiger partial charge in [-0.25, -0.2) is 5.43 Å². The van der Waals surface area contributed by atoms with Crippen LogP contribution in [0.3, 0.4) is 0 Å². The van der Waals surface area contributed by atoms with Gasteiger partial charge in [0.05, 0.1) is 10.7 Å². The topological polar surface area (TPSA) is 50.7 Å². The predicted octanol–water partition coefficient (Wildman–Crippen LogP) is 5.94. The Balaban J connectivity index is 2.01. The first-order valence-corrected chi connectivity index (χ1v) is 10.4. The lowest BCUT2D eigenvalue weighted by atomic mass is 10.0. The van der Waals surface area contributed by atoms with Crippen molar-refractivity contribution in [3.05, 3.63) is 60.4 Å². The van der Waals surface area contributed by atoms with Crippen LogP contribution in [0.15, 0.2) is 48.9 Å². The van der Waals surface area contributed by atoms with Crippen molar-refractivity contribution in [3.63, 3.8) is 0 Å². The quantitative estimate of drug-likeness (QED) is 0.360. The molecule has 0 radical (unpaired) electrons. The number of hydrazone groups is 1. The Morgan fingerprint density at radius 1 is 1.23 bits per heavy atom. The van der Waals surface area contributed by atoms with Crippen molar-refractivity contribution in [2.45, 2.75) is 26.7 Å². The molecule has 0 saturated carbocycles. The van der Waals surface area contributed by atoms with Crippen LogP contribution < -0.4 is 10.2 Å². The van der Waals surface area contributed by atoms with Crippen LogP contribution in [0, 0.1) is 6.92 Å². The minimum atomic E-state index is -0.319. The number of rotatable bonds is 6. The van der Waals surface area contributed by atoms with E-state index in [9.17, 15) is 4.79 Å². The van der Waals surface area contributed by atoms with Crippen LogP contribution in [0.5, 0.6) is 5.75 Å². The Bertz CT molecular complexity index is 819. The summed E-state index contributed by atoms with van der Waals surface area (Å²) in [4.78, 5) is 12.0. The molecular weight excluding hydrogens is 528 g/mol. The van der Waals surface area contributed by atoms with Gasteiger partial charge < -0.3 is 4.74 Å². The number of amides is 1. The molecule has 1 N–H and O–H groups in total. The molecule has 0 aliphatic carbocycles. The Kier molecular flexibility index (Phi) is 7.85. The second kappa shape index (κ2) is 9.67. The molecule has 0 aliphatic rings. The van der Waals surface area contributed by atoms with Gasteiger partial charge in [0.2, 0.25) is 0 Å². The Morgan fingerprint density at radius 3 is 2.50 bits per heavy atom. The van der Waals surface area contributed by atoms with Gasteiger partial charge in [-0.15, -0.1) is 0 Å². The molecule has 0 atom stereocenters. The number of benzene rings is 2. The van der Waals surface area contributed by atoms with Gasteiger partial charge in [-0.05, 0) is 63.7 Å². The number of hydrogen-bond donors (Lipinski definition) is 1. The predicted molar refractivity (Wildman–Crippen MR) is 116 cm³/mol. The number of hydrogen-bond acceptors (Lipinski definition) is 3. The van der Waals surface area contributed by atoms with Gasteiger partial charge in [0, 0.05) is 8.95 Å². The van der Waals surface area contributed by atoms with Gasteiger partial charge in [-0.1, -0.05) is 57.8 Å². The van der Waals surface area contributed by atoms with E-state index in [0.717, 1.165) is 30.1 Å². The molecule has 7 heteroatoms. The highest BCUT2D eigenvalue weighted by molar-refractivity contribution is 9.11. The van der Waals surface area contributed by atoms with E-state index in [4.69, 9.17) is 4.74 Å². The van der Waals surface area contributed by atoms with Crippen molar-refractivity contribution >= 4 is 59.9 Å². The van der Waals surface area contributed by atoms with Crippen LogP contribution in [-0.2, 0) is 4.79 Å². The van der Waals surface area contributed by atoms with E-state index in [-0.39, 0.29) is 18.4 Å². The second-order valence-corrected chi connectivity index (χ2v) is 8.57. The molecule has 0 aliphatic heterocycles. The molecule has 0 fully saturated rings. The lowest BCUT2D eigenvalue weighted by molar-refractivity contribution is -0.123. The lowest BCUT2D eigenvalue weighted by Gasteiger charge is -2.18. The van der Waals surface area contributed by atoms with E-state index < -0.39 is 0 Å². The standard InChI is InChI=1S/C19H19Br3N2O2/c1-11(2)15-8-16(21)12(3)18(22)19(15)26-10-17(25)24-23-9-13-4-6-14(20)7-5-13/h4-9,11H,10H2,1-3H3,(H,24,25)/b23-9-. The van der Waals surface area contributed by atoms with Crippen LogP contribution in [0.25, 0.3) is 0 Å². The molecule has 0 heterocycles. The van der Waals surface area contributed by atoms with E-state index in [1.165, 1.54) is 0 Å². The monoisotopic (exact) mass is 544 g/mol. The number of nitrogens with zero attached hydrogens (tertiary/aromatic N) is 1. The van der Waals surface area contributed by atoms with E-state index in [0.29, 0.717) is 5.75 Å². The number of halogens is 3. The highest BCUT2D eigenvalue weighted by atomic mass is 79.9. The fourth-order valence-electron chi connectivity index (χ4n) is 2.19. The molecule has 0 unspecified atom stereocenters. The van der Waals surface area contributed by atoms with Crippen molar-refractivity contribution in [2.75, 3.05) is 6.61 Å². The largest absolute Gasteiger partial charge is 0.482 e. The summed E-state index contributed by atoms with van der Waals surface area (Å²) in [6, 6.07) is 9.64. The van der Waals surface area contributed by atoms with Crippen LogP contribution >= 0.6 is 47.8 Å². The van der Waals surface area contributed by atoms with Crippen LogP contribution in [0.4, 0.5) is 0 Å².